The summed E-state index contributed by atoms with van der Waals surface area (Å²) in [5, 5.41) is 0. The van der Waals surface area contributed by atoms with E-state index in [0.29, 0.717) is 19.0 Å². The number of rotatable bonds is 4. The van der Waals surface area contributed by atoms with Gasteiger partial charge in [0.2, 0.25) is 0 Å². The maximum Gasteiger partial charge on any atom is 0.282 e. The number of piperidine rings is 1. The fourth-order valence-corrected chi connectivity index (χ4v) is 5.24. The first-order valence-corrected chi connectivity index (χ1v) is 8.84. The van der Waals surface area contributed by atoms with Gasteiger partial charge in [0.05, 0.1) is 12.1 Å². The van der Waals surface area contributed by atoms with Gasteiger partial charge in [-0.1, -0.05) is 6.42 Å². The number of halogens is 1. The average molecular weight is 311 g/mol. The van der Waals surface area contributed by atoms with Gasteiger partial charge >= 0.3 is 0 Å². The molecule has 0 bridgehead atoms. The van der Waals surface area contributed by atoms with Gasteiger partial charge in [0, 0.05) is 32.1 Å². The summed E-state index contributed by atoms with van der Waals surface area (Å²) in [5.74, 6) is 0.365. The Bertz CT molecular complexity index is 404. The second kappa shape index (κ2) is 6.26. The summed E-state index contributed by atoms with van der Waals surface area (Å²) < 4.78 is 34.0. The highest BCUT2D eigenvalue weighted by Crippen LogP contribution is 2.27. The Morgan fingerprint density at radius 2 is 2.11 bits per heavy atom. The van der Waals surface area contributed by atoms with Crippen LogP contribution < -0.4 is 0 Å². The fraction of sp³-hybridized carbons (Fsp3) is 1.00. The third kappa shape index (κ3) is 3.08. The van der Waals surface area contributed by atoms with Crippen molar-refractivity contribution in [3.63, 3.8) is 0 Å². The highest BCUT2D eigenvalue weighted by Gasteiger charge is 2.40. The third-order valence-corrected chi connectivity index (χ3v) is 6.64. The normalized spacial score (nSPS) is 34.0. The zero-order chi connectivity index (χ0) is 14.0. The van der Waals surface area contributed by atoms with E-state index in [1.807, 2.05) is 6.92 Å². The molecule has 0 aliphatic carbocycles. The Balaban J connectivity index is 2.15. The van der Waals surface area contributed by atoms with Crippen molar-refractivity contribution >= 4 is 21.8 Å². The minimum atomic E-state index is -3.44. The van der Waals surface area contributed by atoms with E-state index < -0.39 is 10.2 Å². The van der Waals surface area contributed by atoms with E-state index in [0.717, 1.165) is 25.7 Å². The molecule has 0 aromatic rings. The molecule has 19 heavy (non-hydrogen) atoms. The monoisotopic (exact) mass is 310 g/mol. The quantitative estimate of drug-likeness (QED) is 0.738. The van der Waals surface area contributed by atoms with E-state index in [1.165, 1.54) is 4.31 Å². The third-order valence-electron chi connectivity index (χ3n) is 4.21. The van der Waals surface area contributed by atoms with Crippen molar-refractivity contribution in [2.24, 2.45) is 0 Å². The van der Waals surface area contributed by atoms with E-state index in [9.17, 15) is 8.42 Å². The minimum absolute atomic E-state index is 0.0426. The van der Waals surface area contributed by atoms with Crippen molar-refractivity contribution in [2.75, 3.05) is 26.1 Å². The van der Waals surface area contributed by atoms with Crippen molar-refractivity contribution in [3.05, 3.63) is 0 Å². The molecule has 2 heterocycles. The standard InChI is InChI=1S/C12H23ClN2O3S/c1-10-12(6-8-18-10)14(2)19(16,17)15-7-4-3-5-11(15)9-13/h10-12H,3-9H2,1-2H3. The van der Waals surface area contributed by atoms with Crippen LogP contribution in [0.5, 0.6) is 0 Å². The van der Waals surface area contributed by atoms with E-state index in [4.69, 9.17) is 16.3 Å². The van der Waals surface area contributed by atoms with Crippen molar-refractivity contribution in [1.82, 2.24) is 8.61 Å². The Labute approximate surface area is 121 Å². The Morgan fingerprint density at radius 1 is 1.37 bits per heavy atom. The van der Waals surface area contributed by atoms with Gasteiger partial charge in [-0.05, 0) is 26.2 Å². The number of ether oxygens (including phenoxy) is 1. The molecule has 0 N–H and O–H groups in total. The first-order valence-electron chi connectivity index (χ1n) is 6.91. The van der Waals surface area contributed by atoms with Gasteiger partial charge in [-0.15, -0.1) is 11.6 Å². The summed E-state index contributed by atoms with van der Waals surface area (Å²) in [4.78, 5) is 0. The van der Waals surface area contributed by atoms with Crippen LogP contribution >= 0.6 is 11.6 Å². The first-order chi connectivity index (χ1) is 8.98. The van der Waals surface area contributed by atoms with Gasteiger partial charge in [0.25, 0.3) is 10.2 Å². The van der Waals surface area contributed by atoms with E-state index in [2.05, 4.69) is 0 Å². The summed E-state index contributed by atoms with van der Waals surface area (Å²) >= 11 is 5.92. The predicted octanol–water partition coefficient (Wildman–Crippen LogP) is 1.43. The number of nitrogens with zero attached hydrogens (tertiary/aromatic N) is 2. The summed E-state index contributed by atoms with van der Waals surface area (Å²) in [6.07, 6.45) is 3.54. The largest absolute Gasteiger partial charge is 0.377 e. The lowest BCUT2D eigenvalue weighted by atomic mass is 10.1. The van der Waals surface area contributed by atoms with Crippen LogP contribution in [-0.2, 0) is 14.9 Å². The van der Waals surface area contributed by atoms with Gasteiger partial charge in [-0.3, -0.25) is 0 Å². The van der Waals surface area contributed by atoms with Gasteiger partial charge < -0.3 is 4.74 Å². The number of hydrogen-bond acceptors (Lipinski definition) is 3. The number of hydrogen-bond donors (Lipinski definition) is 0. The Kier molecular flexibility index (Phi) is 5.11. The van der Waals surface area contributed by atoms with Crippen LogP contribution in [0.15, 0.2) is 0 Å². The molecular formula is C12H23ClN2O3S. The molecule has 2 rings (SSSR count). The molecule has 5 nitrogen and oxygen atoms in total. The lowest BCUT2D eigenvalue weighted by Gasteiger charge is -2.38. The van der Waals surface area contributed by atoms with Crippen molar-refractivity contribution in [2.45, 2.75) is 50.8 Å². The summed E-state index contributed by atoms with van der Waals surface area (Å²) in [6.45, 7) is 3.13. The van der Waals surface area contributed by atoms with Crippen LogP contribution in [0.2, 0.25) is 0 Å². The van der Waals surface area contributed by atoms with Crippen LogP contribution in [0, 0.1) is 0 Å². The number of likely N-dealkylation sites (N-methyl/N-ethyl adjacent to an activating group) is 1. The zero-order valence-electron chi connectivity index (χ0n) is 11.6. The molecule has 112 valence electrons. The summed E-state index contributed by atoms with van der Waals surface area (Å²) in [7, 11) is -1.78. The van der Waals surface area contributed by atoms with E-state index in [1.54, 1.807) is 11.4 Å². The molecule has 0 aromatic heterocycles. The topological polar surface area (TPSA) is 49.9 Å². The van der Waals surface area contributed by atoms with E-state index >= 15 is 0 Å². The van der Waals surface area contributed by atoms with Crippen molar-refractivity contribution in [3.8, 4) is 0 Å². The molecule has 3 atom stereocenters. The minimum Gasteiger partial charge on any atom is -0.377 e. The molecule has 2 fully saturated rings. The highest BCUT2D eigenvalue weighted by atomic mass is 35.5. The summed E-state index contributed by atoms with van der Waals surface area (Å²) in [6, 6.07) is -0.136. The summed E-state index contributed by atoms with van der Waals surface area (Å²) in [5.41, 5.74) is 0. The molecule has 0 saturated carbocycles. The lowest BCUT2D eigenvalue weighted by molar-refractivity contribution is 0.0995. The Morgan fingerprint density at radius 3 is 2.68 bits per heavy atom. The van der Waals surface area contributed by atoms with Crippen LogP contribution in [0.3, 0.4) is 0 Å². The van der Waals surface area contributed by atoms with Crippen molar-refractivity contribution in [1.29, 1.82) is 0 Å². The van der Waals surface area contributed by atoms with Gasteiger partial charge in [-0.25, -0.2) is 0 Å². The maximum atomic E-state index is 12.7. The first kappa shape index (κ1) is 15.5. The highest BCUT2D eigenvalue weighted by molar-refractivity contribution is 7.86. The van der Waals surface area contributed by atoms with Crippen LogP contribution in [0.1, 0.15) is 32.6 Å². The molecule has 7 heteroatoms. The second-order valence-electron chi connectivity index (χ2n) is 5.37. The number of alkyl halides is 1. The predicted molar refractivity (Wildman–Crippen MR) is 75.6 cm³/mol. The molecule has 3 unspecified atom stereocenters. The van der Waals surface area contributed by atoms with Gasteiger partial charge in [0.15, 0.2) is 0 Å². The smallest absolute Gasteiger partial charge is 0.282 e. The fourth-order valence-electron chi connectivity index (χ4n) is 2.97. The zero-order valence-corrected chi connectivity index (χ0v) is 13.2. The van der Waals surface area contributed by atoms with Crippen LogP contribution in [0.4, 0.5) is 0 Å². The van der Waals surface area contributed by atoms with Gasteiger partial charge in [-0.2, -0.15) is 17.0 Å². The molecular weight excluding hydrogens is 288 g/mol. The molecule has 0 radical (unpaired) electrons. The van der Waals surface area contributed by atoms with E-state index in [-0.39, 0.29) is 18.2 Å². The lowest BCUT2D eigenvalue weighted by Crippen LogP contribution is -2.53. The molecule has 2 saturated heterocycles. The SMILES string of the molecule is CC1OCCC1N(C)S(=O)(=O)N1CCCCC1CCl. The van der Waals surface area contributed by atoms with Crippen LogP contribution in [0.25, 0.3) is 0 Å². The maximum absolute atomic E-state index is 12.7. The Hall–Kier alpha value is 0.120. The van der Waals surface area contributed by atoms with Crippen molar-refractivity contribution < 1.29 is 13.2 Å². The van der Waals surface area contributed by atoms with Crippen LogP contribution in [-0.4, -0.2) is 61.3 Å². The molecule has 0 spiro atoms. The average Bonchev–Trinajstić information content (AvgIpc) is 2.83. The van der Waals surface area contributed by atoms with Gasteiger partial charge in [0.1, 0.15) is 0 Å². The molecule has 2 aliphatic heterocycles. The molecule has 0 amide bonds. The second-order valence-corrected chi connectivity index (χ2v) is 7.62. The molecule has 0 aromatic carbocycles. The molecule has 2 aliphatic rings.